The molecule has 0 unspecified atom stereocenters. The Kier molecular flexibility index (Phi) is 4.88. The van der Waals surface area contributed by atoms with Crippen molar-refractivity contribution in [1.82, 2.24) is 4.98 Å². The molecular formula is C17H17ClN4S. The van der Waals surface area contributed by atoms with E-state index in [2.05, 4.69) is 46.1 Å². The maximum absolute atomic E-state index is 5.99. The van der Waals surface area contributed by atoms with Gasteiger partial charge in [0.1, 0.15) is 0 Å². The lowest BCUT2D eigenvalue weighted by Crippen LogP contribution is -2.21. The summed E-state index contributed by atoms with van der Waals surface area (Å²) < 4.78 is 1.02. The van der Waals surface area contributed by atoms with Gasteiger partial charge in [0.05, 0.1) is 15.9 Å². The minimum Gasteiger partial charge on any atom is -0.372 e. The molecule has 118 valence electrons. The van der Waals surface area contributed by atoms with Crippen LogP contribution in [0.2, 0.25) is 5.02 Å². The average molecular weight is 345 g/mol. The van der Waals surface area contributed by atoms with Crippen molar-refractivity contribution in [1.29, 1.82) is 0 Å². The normalized spacial score (nSPS) is 11.4. The number of aromatic nitrogens is 1. The molecule has 0 radical (unpaired) electrons. The van der Waals surface area contributed by atoms with Crippen LogP contribution in [-0.2, 0) is 0 Å². The monoisotopic (exact) mass is 344 g/mol. The first-order valence-corrected chi connectivity index (χ1v) is 8.72. The van der Waals surface area contributed by atoms with Crippen molar-refractivity contribution in [2.24, 2.45) is 10.2 Å². The summed E-state index contributed by atoms with van der Waals surface area (Å²) in [5, 5.41) is 9.84. The van der Waals surface area contributed by atoms with E-state index in [4.69, 9.17) is 11.6 Å². The zero-order chi connectivity index (χ0) is 16.2. The Bertz CT molecular complexity index is 822. The predicted molar refractivity (Wildman–Crippen MR) is 98.8 cm³/mol. The molecule has 4 nitrogen and oxygen atoms in total. The highest BCUT2D eigenvalue weighted by molar-refractivity contribution is 7.21. The van der Waals surface area contributed by atoms with E-state index in [-0.39, 0.29) is 0 Å². The van der Waals surface area contributed by atoms with Crippen molar-refractivity contribution < 1.29 is 0 Å². The molecule has 0 saturated carbocycles. The Morgan fingerprint density at radius 3 is 2.48 bits per heavy atom. The highest BCUT2D eigenvalue weighted by Gasteiger charge is 2.04. The van der Waals surface area contributed by atoms with Crippen LogP contribution < -0.4 is 4.90 Å². The Hall–Kier alpha value is -1.98. The van der Waals surface area contributed by atoms with Crippen LogP contribution in [-0.4, -0.2) is 18.1 Å². The van der Waals surface area contributed by atoms with E-state index in [0.717, 1.165) is 29.0 Å². The van der Waals surface area contributed by atoms with Crippen LogP contribution >= 0.6 is 22.9 Å². The van der Waals surface area contributed by atoms with Crippen molar-refractivity contribution >= 4 is 49.7 Å². The van der Waals surface area contributed by atoms with Gasteiger partial charge in [-0.1, -0.05) is 22.9 Å². The summed E-state index contributed by atoms with van der Waals surface area (Å²) in [6.45, 7) is 6.28. The van der Waals surface area contributed by atoms with Gasteiger partial charge in [-0.3, -0.25) is 0 Å². The second kappa shape index (κ2) is 7.06. The summed E-state index contributed by atoms with van der Waals surface area (Å²) in [7, 11) is 0. The first-order valence-electron chi connectivity index (χ1n) is 7.52. The zero-order valence-corrected chi connectivity index (χ0v) is 14.6. The fraction of sp³-hybridized carbons (Fsp3) is 0.235. The number of fused-ring (bicyclic) bond motifs is 1. The molecule has 3 rings (SSSR count). The first-order chi connectivity index (χ1) is 11.2. The predicted octanol–water partition coefficient (Wildman–Crippen LogP) is 6.21. The van der Waals surface area contributed by atoms with E-state index >= 15 is 0 Å². The third-order valence-electron chi connectivity index (χ3n) is 3.57. The van der Waals surface area contributed by atoms with Crippen molar-refractivity contribution in [3.63, 3.8) is 0 Å². The lowest BCUT2D eigenvalue weighted by atomic mass is 10.2. The second-order valence-electron chi connectivity index (χ2n) is 5.00. The Labute approximate surface area is 144 Å². The number of nitrogens with zero attached hydrogens (tertiary/aromatic N) is 4. The minimum atomic E-state index is 0.634. The highest BCUT2D eigenvalue weighted by atomic mass is 35.5. The Morgan fingerprint density at radius 2 is 1.78 bits per heavy atom. The quantitative estimate of drug-likeness (QED) is 0.516. The van der Waals surface area contributed by atoms with Crippen molar-refractivity contribution in [2.45, 2.75) is 13.8 Å². The molecule has 23 heavy (non-hydrogen) atoms. The molecule has 0 N–H and O–H groups in total. The number of rotatable bonds is 5. The largest absolute Gasteiger partial charge is 0.372 e. The van der Waals surface area contributed by atoms with Crippen LogP contribution in [0.5, 0.6) is 0 Å². The number of azo groups is 1. The van der Waals surface area contributed by atoms with Gasteiger partial charge >= 0.3 is 0 Å². The molecule has 0 spiro atoms. The molecule has 3 aromatic rings. The number of hydrogen-bond donors (Lipinski definition) is 0. The molecule has 2 aromatic carbocycles. The maximum atomic E-state index is 5.99. The number of halogens is 1. The summed E-state index contributed by atoms with van der Waals surface area (Å²) in [5.74, 6) is 0. The molecule has 1 heterocycles. The van der Waals surface area contributed by atoms with E-state index in [9.17, 15) is 0 Å². The molecule has 0 saturated heterocycles. The van der Waals surface area contributed by atoms with Crippen LogP contribution in [0.25, 0.3) is 10.2 Å². The van der Waals surface area contributed by atoms with Gasteiger partial charge < -0.3 is 4.90 Å². The van der Waals surface area contributed by atoms with E-state index in [1.807, 2.05) is 30.3 Å². The van der Waals surface area contributed by atoms with E-state index in [1.165, 1.54) is 17.0 Å². The smallest absolute Gasteiger partial charge is 0.231 e. The van der Waals surface area contributed by atoms with Crippen LogP contribution in [0, 0.1) is 0 Å². The summed E-state index contributed by atoms with van der Waals surface area (Å²) in [5.41, 5.74) is 2.91. The Balaban J connectivity index is 1.78. The van der Waals surface area contributed by atoms with E-state index in [0.29, 0.717) is 10.2 Å². The fourth-order valence-corrected chi connectivity index (χ4v) is 3.41. The lowest BCUT2D eigenvalue weighted by Gasteiger charge is -2.20. The zero-order valence-electron chi connectivity index (χ0n) is 13.0. The standard InChI is InChI=1S/C17H17ClN4S/c1-3-22(4-2)14-8-6-13(7-9-14)20-21-17-19-15-10-5-12(18)11-16(15)23-17/h5-11H,3-4H2,1-2H3. The average Bonchev–Trinajstić information content (AvgIpc) is 2.97. The van der Waals surface area contributed by atoms with E-state index in [1.54, 1.807) is 0 Å². The summed E-state index contributed by atoms with van der Waals surface area (Å²) >= 11 is 7.47. The molecule has 0 aliphatic heterocycles. The topological polar surface area (TPSA) is 40.9 Å². The fourth-order valence-electron chi connectivity index (χ4n) is 2.35. The first kappa shape index (κ1) is 15.9. The molecule has 0 aliphatic carbocycles. The molecule has 6 heteroatoms. The third-order valence-corrected chi connectivity index (χ3v) is 4.71. The molecule has 0 aliphatic rings. The lowest BCUT2D eigenvalue weighted by molar-refractivity contribution is 0.866. The summed E-state index contributed by atoms with van der Waals surface area (Å²) in [4.78, 5) is 6.72. The van der Waals surface area contributed by atoms with Gasteiger partial charge in [-0.2, -0.15) is 0 Å². The van der Waals surface area contributed by atoms with Gasteiger partial charge in [-0.15, -0.1) is 10.2 Å². The molecule has 0 bridgehead atoms. The minimum absolute atomic E-state index is 0.634. The summed E-state index contributed by atoms with van der Waals surface area (Å²) in [6.07, 6.45) is 0. The van der Waals surface area contributed by atoms with Gasteiger partial charge in [0.15, 0.2) is 0 Å². The molecule has 0 atom stereocenters. The number of hydrogen-bond acceptors (Lipinski definition) is 5. The van der Waals surface area contributed by atoms with E-state index < -0.39 is 0 Å². The highest BCUT2D eigenvalue weighted by Crippen LogP contribution is 2.31. The molecule has 0 fully saturated rings. The number of anilines is 1. The summed E-state index contributed by atoms with van der Waals surface area (Å²) in [6, 6.07) is 13.7. The van der Waals surface area contributed by atoms with Gasteiger partial charge in [0.2, 0.25) is 5.13 Å². The van der Waals surface area contributed by atoms with Gasteiger partial charge in [-0.05, 0) is 56.3 Å². The SMILES string of the molecule is CCN(CC)c1ccc(N=Nc2nc3ccc(Cl)cc3s2)cc1. The number of thiazole rings is 1. The van der Waals surface area contributed by atoms with Crippen LogP contribution in [0.1, 0.15) is 13.8 Å². The third kappa shape index (κ3) is 3.68. The van der Waals surface area contributed by atoms with Crippen LogP contribution in [0.4, 0.5) is 16.5 Å². The van der Waals surface area contributed by atoms with Crippen molar-refractivity contribution in [3.05, 3.63) is 47.5 Å². The Morgan fingerprint density at radius 1 is 1.04 bits per heavy atom. The van der Waals surface area contributed by atoms with Gasteiger partial charge in [0.25, 0.3) is 0 Å². The van der Waals surface area contributed by atoms with Gasteiger partial charge in [-0.25, -0.2) is 4.98 Å². The molecule has 0 amide bonds. The van der Waals surface area contributed by atoms with Crippen molar-refractivity contribution in [2.75, 3.05) is 18.0 Å². The number of benzene rings is 2. The van der Waals surface area contributed by atoms with Gasteiger partial charge in [0, 0.05) is 23.8 Å². The van der Waals surface area contributed by atoms with Crippen molar-refractivity contribution in [3.8, 4) is 0 Å². The second-order valence-corrected chi connectivity index (χ2v) is 6.44. The van der Waals surface area contributed by atoms with Crippen LogP contribution in [0.15, 0.2) is 52.7 Å². The maximum Gasteiger partial charge on any atom is 0.231 e. The molecule has 1 aromatic heterocycles. The van der Waals surface area contributed by atoms with Crippen LogP contribution in [0.3, 0.4) is 0 Å². The molecular weight excluding hydrogens is 328 g/mol.